The van der Waals surface area contributed by atoms with Crippen LogP contribution in [-0.4, -0.2) is 56.0 Å². The average Bonchev–Trinajstić information content (AvgIpc) is 2.56. The van der Waals surface area contributed by atoms with Crippen LogP contribution in [0.4, 0.5) is 0 Å². The molecule has 0 saturated carbocycles. The summed E-state index contributed by atoms with van der Waals surface area (Å²) in [5.74, 6) is -0.769. The van der Waals surface area contributed by atoms with Crippen molar-refractivity contribution in [1.29, 1.82) is 0 Å². The summed E-state index contributed by atoms with van der Waals surface area (Å²) in [5, 5.41) is 9.02. The summed E-state index contributed by atoms with van der Waals surface area (Å²) in [6, 6.07) is 0. The number of halogens is 1. The van der Waals surface area contributed by atoms with Gasteiger partial charge in [-0.15, -0.1) is 0 Å². The number of unbranched alkanes of at least 4 members (excludes halogenated alkanes) is 13. The largest absolute Gasteiger partial charge is 1.00 e. The molecule has 28 heavy (non-hydrogen) atoms. The highest BCUT2D eigenvalue weighted by molar-refractivity contribution is 5.67. The molecule has 0 heterocycles. The monoisotopic (exact) mass is 421 g/mol. The lowest BCUT2D eigenvalue weighted by Gasteiger charge is -2.28. The minimum Gasteiger partial charge on any atom is -1.00 e. The number of ether oxygens (including phenoxy) is 1. The number of hydrogen-bond donors (Lipinski definition) is 1. The number of likely N-dealkylation sites (N-methyl/N-ethyl adjacent to an activating group) is 1. The lowest BCUT2D eigenvalue weighted by Crippen LogP contribution is -3.00. The van der Waals surface area contributed by atoms with E-state index >= 15 is 0 Å². The standard InChI is InChI=1S/C23H47NO3.ClH/c1-5-6-7-8-9-10-11-12-13-14-15-16-17-18-19-27-22(20-23(25)26)21-24(2,3)4;/h22H,5-21H2,1-4H3;1H/t22-;/m1./s1. The Labute approximate surface area is 181 Å². The number of quaternary nitrogens is 1. The number of carbonyl (C=O) groups is 1. The third-order valence-corrected chi connectivity index (χ3v) is 5.01. The van der Waals surface area contributed by atoms with Crippen molar-refractivity contribution in [3.8, 4) is 0 Å². The van der Waals surface area contributed by atoms with Gasteiger partial charge in [0.2, 0.25) is 0 Å². The van der Waals surface area contributed by atoms with Crippen LogP contribution in [0.15, 0.2) is 0 Å². The molecule has 0 aromatic rings. The molecule has 0 rings (SSSR count). The van der Waals surface area contributed by atoms with E-state index in [1.165, 1.54) is 83.5 Å². The van der Waals surface area contributed by atoms with Gasteiger partial charge in [0.1, 0.15) is 12.6 Å². The fraction of sp³-hybridized carbons (Fsp3) is 0.957. The van der Waals surface area contributed by atoms with Gasteiger partial charge in [-0.2, -0.15) is 0 Å². The van der Waals surface area contributed by atoms with E-state index in [4.69, 9.17) is 9.84 Å². The molecule has 0 amide bonds. The molecular weight excluding hydrogens is 374 g/mol. The van der Waals surface area contributed by atoms with Gasteiger partial charge in [0.15, 0.2) is 0 Å². The Morgan fingerprint density at radius 3 is 1.54 bits per heavy atom. The molecule has 0 bridgehead atoms. The van der Waals surface area contributed by atoms with Crippen LogP contribution in [0, 0.1) is 0 Å². The number of carboxylic acids is 1. The van der Waals surface area contributed by atoms with Crippen LogP contribution < -0.4 is 12.4 Å². The summed E-state index contributed by atoms with van der Waals surface area (Å²) in [4.78, 5) is 11.0. The zero-order chi connectivity index (χ0) is 20.4. The van der Waals surface area contributed by atoms with Crippen LogP contribution >= 0.6 is 0 Å². The van der Waals surface area contributed by atoms with Gasteiger partial charge in [-0.1, -0.05) is 90.4 Å². The molecule has 0 aliphatic carbocycles. The molecule has 0 aromatic heterocycles. The predicted molar refractivity (Wildman–Crippen MR) is 115 cm³/mol. The third kappa shape index (κ3) is 23.7. The molecule has 0 aliphatic heterocycles. The van der Waals surface area contributed by atoms with Gasteiger partial charge < -0.3 is 26.7 Å². The minimum absolute atomic E-state index is 0. The van der Waals surface area contributed by atoms with Crippen LogP contribution in [-0.2, 0) is 9.53 Å². The molecule has 0 radical (unpaired) electrons. The van der Waals surface area contributed by atoms with E-state index in [9.17, 15) is 4.79 Å². The highest BCUT2D eigenvalue weighted by Crippen LogP contribution is 2.13. The van der Waals surface area contributed by atoms with Crippen molar-refractivity contribution < 1.29 is 31.5 Å². The van der Waals surface area contributed by atoms with Crippen LogP contribution in [0.1, 0.15) is 103 Å². The zero-order valence-corrected chi connectivity index (χ0v) is 19.9. The lowest BCUT2D eigenvalue weighted by atomic mass is 10.0. The third-order valence-electron chi connectivity index (χ3n) is 5.01. The maximum atomic E-state index is 11.0. The first-order valence-electron chi connectivity index (χ1n) is 11.5. The Morgan fingerprint density at radius 1 is 0.786 bits per heavy atom. The van der Waals surface area contributed by atoms with Gasteiger partial charge in [-0.25, -0.2) is 0 Å². The van der Waals surface area contributed by atoms with Crippen molar-refractivity contribution >= 4 is 5.97 Å². The molecule has 4 nitrogen and oxygen atoms in total. The maximum Gasteiger partial charge on any atom is 0.306 e. The highest BCUT2D eigenvalue weighted by Gasteiger charge is 2.21. The average molecular weight is 422 g/mol. The number of aliphatic carboxylic acids is 1. The molecule has 5 heteroatoms. The molecule has 0 aromatic carbocycles. The lowest BCUT2D eigenvalue weighted by molar-refractivity contribution is -0.873. The number of nitrogens with zero attached hydrogens (tertiary/aromatic N) is 1. The summed E-state index contributed by atoms with van der Waals surface area (Å²) in [7, 11) is 6.22. The van der Waals surface area contributed by atoms with Gasteiger partial charge in [-0.05, 0) is 6.42 Å². The molecule has 0 spiro atoms. The van der Waals surface area contributed by atoms with E-state index in [1.807, 2.05) is 0 Å². The molecule has 0 fully saturated rings. The number of rotatable bonds is 20. The summed E-state index contributed by atoms with van der Waals surface area (Å²) in [6.45, 7) is 3.70. The predicted octanol–water partition coefficient (Wildman–Crippen LogP) is 3.04. The quantitative estimate of drug-likeness (QED) is 0.243. The summed E-state index contributed by atoms with van der Waals surface area (Å²) >= 11 is 0. The second-order valence-corrected chi connectivity index (χ2v) is 9.16. The fourth-order valence-corrected chi connectivity index (χ4v) is 3.53. The summed E-state index contributed by atoms with van der Waals surface area (Å²) < 4.78 is 6.57. The van der Waals surface area contributed by atoms with E-state index in [1.54, 1.807) is 0 Å². The first-order valence-corrected chi connectivity index (χ1v) is 11.5. The Kier molecular flexibility index (Phi) is 21.3. The van der Waals surface area contributed by atoms with Crippen LogP contribution in [0.25, 0.3) is 0 Å². The molecule has 1 atom stereocenters. The second kappa shape index (κ2) is 20.0. The molecule has 170 valence electrons. The normalized spacial score (nSPS) is 12.6. The first kappa shape index (κ1) is 29.9. The smallest absolute Gasteiger partial charge is 0.306 e. The van der Waals surface area contributed by atoms with Crippen molar-refractivity contribution in [3.05, 3.63) is 0 Å². The maximum absolute atomic E-state index is 11.0. The summed E-state index contributed by atoms with van der Waals surface area (Å²) in [5.41, 5.74) is 0. The van der Waals surface area contributed by atoms with E-state index in [-0.39, 0.29) is 24.9 Å². The molecule has 0 unspecified atom stereocenters. The molecular formula is C23H48ClNO3. The molecule has 1 N–H and O–H groups in total. The van der Waals surface area contributed by atoms with Crippen molar-refractivity contribution in [1.82, 2.24) is 0 Å². The van der Waals surface area contributed by atoms with Crippen molar-refractivity contribution in [2.75, 3.05) is 34.3 Å². The second-order valence-electron chi connectivity index (χ2n) is 9.16. The molecule has 0 saturated heterocycles. The highest BCUT2D eigenvalue weighted by atomic mass is 35.5. The van der Waals surface area contributed by atoms with E-state index in [2.05, 4.69) is 28.1 Å². The SMILES string of the molecule is CCCCCCCCCCCCCCCCO[C@H](CC(=O)O)C[N+](C)(C)C.[Cl-]. The van der Waals surface area contributed by atoms with Crippen molar-refractivity contribution in [2.24, 2.45) is 0 Å². The van der Waals surface area contributed by atoms with Crippen LogP contribution in [0.2, 0.25) is 0 Å². The van der Waals surface area contributed by atoms with E-state index in [0.29, 0.717) is 6.61 Å². The van der Waals surface area contributed by atoms with E-state index in [0.717, 1.165) is 17.4 Å². The van der Waals surface area contributed by atoms with Gasteiger partial charge in [0.05, 0.1) is 27.6 Å². The Bertz CT molecular complexity index is 345. The Morgan fingerprint density at radius 2 is 1.18 bits per heavy atom. The summed E-state index contributed by atoms with van der Waals surface area (Å²) in [6.07, 6.45) is 18.8. The van der Waals surface area contributed by atoms with Crippen LogP contribution in [0.5, 0.6) is 0 Å². The fourth-order valence-electron chi connectivity index (χ4n) is 3.53. The van der Waals surface area contributed by atoms with Gasteiger partial charge in [0, 0.05) is 6.61 Å². The van der Waals surface area contributed by atoms with Crippen LogP contribution in [0.3, 0.4) is 0 Å². The van der Waals surface area contributed by atoms with E-state index < -0.39 is 5.97 Å². The van der Waals surface area contributed by atoms with Gasteiger partial charge >= 0.3 is 5.97 Å². The van der Waals surface area contributed by atoms with Gasteiger partial charge in [-0.3, -0.25) is 4.79 Å². The minimum atomic E-state index is -0.769. The number of carboxylic acid groups (broad SMARTS) is 1. The first-order chi connectivity index (χ1) is 12.8. The number of hydrogen-bond acceptors (Lipinski definition) is 2. The van der Waals surface area contributed by atoms with Gasteiger partial charge in [0.25, 0.3) is 0 Å². The van der Waals surface area contributed by atoms with Crippen molar-refractivity contribution in [3.63, 3.8) is 0 Å². The topological polar surface area (TPSA) is 46.5 Å². The zero-order valence-electron chi connectivity index (χ0n) is 19.2. The Balaban J connectivity index is 0. The van der Waals surface area contributed by atoms with Crippen molar-refractivity contribution in [2.45, 2.75) is 109 Å². The molecule has 0 aliphatic rings. The Hall–Kier alpha value is -0.320.